The standard InChI is InChI=1S/C26H33F3N2O4S/c1-3-4-5-6-7-10-15-31-22(17-25(32)30-18-19-11-8-9-12-23(19)35-2)21-16-20(26(27,28)29)13-14-24(21)36(31,33)34/h8-9,11-14,16,22H,3-7,10,15,17-18H2,1-2H3,(H,30,32)/t22-/m0/s1. The fraction of sp³-hybridized carbons (Fsp3) is 0.500. The summed E-state index contributed by atoms with van der Waals surface area (Å²) in [6.07, 6.45) is 0.669. The van der Waals surface area contributed by atoms with Gasteiger partial charge in [0.2, 0.25) is 15.9 Å². The van der Waals surface area contributed by atoms with Gasteiger partial charge in [-0.15, -0.1) is 0 Å². The molecule has 0 aromatic heterocycles. The Labute approximate surface area is 210 Å². The van der Waals surface area contributed by atoms with Crippen molar-refractivity contribution < 1.29 is 31.1 Å². The molecule has 0 bridgehead atoms. The largest absolute Gasteiger partial charge is 0.496 e. The van der Waals surface area contributed by atoms with Crippen molar-refractivity contribution in [1.82, 2.24) is 9.62 Å². The molecule has 1 aliphatic rings. The van der Waals surface area contributed by atoms with Gasteiger partial charge in [-0.1, -0.05) is 57.2 Å². The molecule has 0 spiro atoms. The summed E-state index contributed by atoms with van der Waals surface area (Å²) < 4.78 is 73.2. The SMILES string of the molecule is CCCCCCCCN1[C@@H](CC(=O)NCc2ccccc2OC)c2cc(C(F)(F)F)ccc2S1(=O)=O. The van der Waals surface area contributed by atoms with Gasteiger partial charge in [-0.05, 0) is 36.2 Å². The van der Waals surface area contributed by atoms with Crippen LogP contribution in [0.2, 0.25) is 0 Å². The van der Waals surface area contributed by atoms with Crippen molar-refractivity contribution in [2.24, 2.45) is 0 Å². The molecule has 0 saturated carbocycles. The summed E-state index contributed by atoms with van der Waals surface area (Å²) in [5.74, 6) is 0.130. The van der Waals surface area contributed by atoms with E-state index in [0.717, 1.165) is 55.9 Å². The van der Waals surface area contributed by atoms with E-state index in [0.29, 0.717) is 12.2 Å². The lowest BCUT2D eigenvalue weighted by atomic mass is 10.00. The maximum atomic E-state index is 13.4. The third-order valence-electron chi connectivity index (χ3n) is 6.41. The minimum absolute atomic E-state index is 0.0169. The van der Waals surface area contributed by atoms with E-state index >= 15 is 0 Å². The maximum absolute atomic E-state index is 13.4. The molecule has 1 heterocycles. The molecule has 2 aromatic carbocycles. The second-order valence-electron chi connectivity index (χ2n) is 8.94. The van der Waals surface area contributed by atoms with Gasteiger partial charge in [0.25, 0.3) is 0 Å². The molecule has 0 radical (unpaired) electrons. The molecule has 0 aliphatic carbocycles. The number of fused-ring (bicyclic) bond motifs is 1. The lowest BCUT2D eigenvalue weighted by Gasteiger charge is -2.23. The Morgan fingerprint density at radius 1 is 1.06 bits per heavy atom. The number of unbranched alkanes of at least 4 members (excludes halogenated alkanes) is 5. The number of carbonyl (C=O) groups is 1. The zero-order chi connectivity index (χ0) is 26.3. The van der Waals surface area contributed by atoms with Crippen molar-refractivity contribution >= 4 is 15.9 Å². The molecule has 36 heavy (non-hydrogen) atoms. The summed E-state index contributed by atoms with van der Waals surface area (Å²) in [6, 6.07) is 8.79. The van der Waals surface area contributed by atoms with Crippen LogP contribution in [0.25, 0.3) is 0 Å². The predicted molar refractivity (Wildman–Crippen MR) is 131 cm³/mol. The van der Waals surface area contributed by atoms with Gasteiger partial charge in [0.05, 0.1) is 23.6 Å². The van der Waals surface area contributed by atoms with Crippen LogP contribution in [0.1, 0.15) is 74.6 Å². The Morgan fingerprint density at radius 3 is 2.44 bits per heavy atom. The quantitative estimate of drug-likeness (QED) is 0.353. The Balaban J connectivity index is 1.81. The highest BCUT2D eigenvalue weighted by Gasteiger charge is 2.44. The maximum Gasteiger partial charge on any atom is 0.416 e. The van der Waals surface area contributed by atoms with Gasteiger partial charge in [-0.25, -0.2) is 8.42 Å². The van der Waals surface area contributed by atoms with Gasteiger partial charge in [-0.2, -0.15) is 17.5 Å². The van der Waals surface area contributed by atoms with Gasteiger partial charge in [-0.3, -0.25) is 4.79 Å². The number of rotatable bonds is 12. The lowest BCUT2D eigenvalue weighted by Crippen LogP contribution is -2.33. The summed E-state index contributed by atoms with van der Waals surface area (Å²) in [4.78, 5) is 12.7. The number of para-hydroxylation sites is 1. The number of benzene rings is 2. The van der Waals surface area contributed by atoms with Crippen LogP contribution in [0.4, 0.5) is 13.2 Å². The van der Waals surface area contributed by atoms with E-state index in [9.17, 15) is 26.4 Å². The molecular weight excluding hydrogens is 493 g/mol. The number of halogens is 3. The fourth-order valence-electron chi connectivity index (χ4n) is 4.50. The molecule has 0 unspecified atom stereocenters. The van der Waals surface area contributed by atoms with Crippen molar-refractivity contribution in [3.63, 3.8) is 0 Å². The molecule has 3 rings (SSSR count). The van der Waals surface area contributed by atoms with Crippen molar-refractivity contribution in [1.29, 1.82) is 0 Å². The highest BCUT2D eigenvalue weighted by atomic mass is 32.2. The molecular formula is C26H33F3N2O4S. The number of nitrogens with zero attached hydrogens (tertiary/aromatic N) is 1. The Hall–Kier alpha value is -2.59. The molecule has 1 amide bonds. The van der Waals surface area contributed by atoms with Crippen LogP contribution >= 0.6 is 0 Å². The average molecular weight is 527 g/mol. The first kappa shape index (κ1) is 28.0. The van der Waals surface area contributed by atoms with Crippen molar-refractivity contribution in [3.8, 4) is 5.75 Å². The Morgan fingerprint density at radius 2 is 1.75 bits per heavy atom. The summed E-state index contributed by atoms with van der Waals surface area (Å²) in [5.41, 5.74) is -0.184. The van der Waals surface area contributed by atoms with Crippen LogP contribution in [0, 0.1) is 0 Å². The number of alkyl halides is 3. The van der Waals surface area contributed by atoms with Crippen LogP contribution < -0.4 is 10.1 Å². The third kappa shape index (κ3) is 6.59. The number of hydrogen-bond donors (Lipinski definition) is 1. The van der Waals surface area contributed by atoms with Crippen molar-refractivity contribution in [2.75, 3.05) is 13.7 Å². The number of hydrogen-bond acceptors (Lipinski definition) is 4. The number of ether oxygens (including phenoxy) is 1. The van der Waals surface area contributed by atoms with Gasteiger partial charge in [0.1, 0.15) is 5.75 Å². The smallest absolute Gasteiger partial charge is 0.416 e. The summed E-state index contributed by atoms with van der Waals surface area (Å²) in [5, 5.41) is 2.75. The summed E-state index contributed by atoms with van der Waals surface area (Å²) in [7, 11) is -2.50. The normalized spacial score (nSPS) is 17.1. The molecule has 198 valence electrons. The monoisotopic (exact) mass is 526 g/mol. The highest BCUT2D eigenvalue weighted by Crippen LogP contribution is 2.44. The summed E-state index contributed by atoms with van der Waals surface area (Å²) in [6.45, 7) is 2.40. The molecule has 0 fully saturated rings. The first-order valence-corrected chi connectivity index (χ1v) is 13.6. The van der Waals surface area contributed by atoms with Crippen LogP contribution in [0.15, 0.2) is 47.4 Å². The molecule has 1 atom stereocenters. The van der Waals surface area contributed by atoms with Gasteiger partial charge in [0, 0.05) is 25.1 Å². The van der Waals surface area contributed by atoms with Crippen molar-refractivity contribution in [2.45, 2.75) is 75.5 Å². The van der Waals surface area contributed by atoms with E-state index in [1.54, 1.807) is 24.3 Å². The van der Waals surface area contributed by atoms with E-state index in [2.05, 4.69) is 12.2 Å². The second-order valence-corrected chi connectivity index (χ2v) is 10.8. The topological polar surface area (TPSA) is 75.7 Å². The van der Waals surface area contributed by atoms with E-state index in [-0.39, 0.29) is 30.0 Å². The molecule has 10 heteroatoms. The molecule has 6 nitrogen and oxygen atoms in total. The molecule has 1 aliphatic heterocycles. The Kier molecular flexibility index (Phi) is 9.41. The van der Waals surface area contributed by atoms with Gasteiger partial charge in [0.15, 0.2) is 0 Å². The summed E-state index contributed by atoms with van der Waals surface area (Å²) >= 11 is 0. The van der Waals surface area contributed by atoms with Gasteiger partial charge < -0.3 is 10.1 Å². The molecule has 0 saturated heterocycles. The van der Waals surface area contributed by atoms with E-state index in [1.807, 2.05) is 0 Å². The zero-order valence-corrected chi connectivity index (χ0v) is 21.4. The van der Waals surface area contributed by atoms with Crippen LogP contribution in [-0.2, 0) is 27.5 Å². The minimum Gasteiger partial charge on any atom is -0.496 e. The number of nitrogens with one attached hydrogen (secondary N) is 1. The number of amides is 1. The average Bonchev–Trinajstić information content (AvgIpc) is 3.05. The number of sulfonamides is 1. The van der Waals surface area contributed by atoms with E-state index in [4.69, 9.17) is 4.74 Å². The third-order valence-corrected chi connectivity index (χ3v) is 8.39. The van der Waals surface area contributed by atoms with Crippen LogP contribution in [0.5, 0.6) is 5.75 Å². The highest BCUT2D eigenvalue weighted by molar-refractivity contribution is 7.89. The second kappa shape index (κ2) is 12.1. The number of methoxy groups -OCH3 is 1. The first-order chi connectivity index (χ1) is 17.1. The fourth-order valence-corrected chi connectivity index (χ4v) is 6.37. The predicted octanol–water partition coefficient (Wildman–Crippen LogP) is 5.83. The van der Waals surface area contributed by atoms with E-state index < -0.39 is 33.7 Å². The van der Waals surface area contributed by atoms with Gasteiger partial charge >= 0.3 is 6.18 Å². The zero-order valence-electron chi connectivity index (χ0n) is 20.6. The molecule has 1 N–H and O–H groups in total. The minimum atomic E-state index is -4.62. The molecule has 2 aromatic rings. The lowest BCUT2D eigenvalue weighted by molar-refractivity contribution is -0.137. The van der Waals surface area contributed by atoms with Crippen molar-refractivity contribution in [3.05, 3.63) is 59.2 Å². The van der Waals surface area contributed by atoms with Crippen LogP contribution in [0.3, 0.4) is 0 Å². The van der Waals surface area contributed by atoms with Crippen LogP contribution in [-0.4, -0.2) is 32.3 Å². The number of carbonyl (C=O) groups excluding carboxylic acids is 1. The first-order valence-electron chi connectivity index (χ1n) is 12.2. The van der Waals surface area contributed by atoms with E-state index in [1.165, 1.54) is 11.4 Å². The Bertz CT molecular complexity index is 1150.